The number of aromatic amines is 2. The maximum absolute atomic E-state index is 11.4. The molecule has 0 aliphatic carbocycles. The zero-order valence-corrected chi connectivity index (χ0v) is 11.9. The Labute approximate surface area is 117 Å². The molecule has 2 aromatic rings. The lowest BCUT2D eigenvalue weighted by atomic mass is 10.8. The van der Waals surface area contributed by atoms with E-state index in [2.05, 4.69) is 20.4 Å². The van der Waals surface area contributed by atoms with Gasteiger partial charge < -0.3 is 0 Å². The van der Waals surface area contributed by atoms with Crippen LogP contribution in [0.2, 0.25) is 0 Å². The Bertz CT molecular complexity index is 805. The van der Waals surface area contributed by atoms with Crippen LogP contribution in [-0.4, -0.2) is 29.5 Å². The summed E-state index contributed by atoms with van der Waals surface area (Å²) >= 11 is 0. The van der Waals surface area contributed by atoms with Crippen LogP contribution in [0.4, 0.5) is 0 Å². The van der Waals surface area contributed by atoms with Crippen molar-refractivity contribution >= 4 is 21.6 Å². The van der Waals surface area contributed by atoms with Crippen molar-refractivity contribution in [2.75, 3.05) is 0 Å². The molecule has 0 bridgehead atoms. The molecule has 106 valence electrons. The van der Waals surface area contributed by atoms with E-state index in [0.29, 0.717) is 0 Å². The van der Waals surface area contributed by atoms with Crippen LogP contribution in [0.1, 0.15) is 0 Å². The summed E-state index contributed by atoms with van der Waals surface area (Å²) in [5.41, 5.74) is -3.13. The van der Waals surface area contributed by atoms with Gasteiger partial charge >= 0.3 is 22.2 Å². The zero-order valence-electron chi connectivity index (χ0n) is 10.2. The van der Waals surface area contributed by atoms with Crippen LogP contribution in [-0.2, 0) is 14.1 Å². The van der Waals surface area contributed by atoms with E-state index < -0.39 is 22.2 Å². The van der Waals surface area contributed by atoms with Gasteiger partial charge in [0.25, 0.3) is 0 Å². The third kappa shape index (κ3) is 2.60. The Balaban J connectivity index is 2.31. The van der Waals surface area contributed by atoms with E-state index >= 15 is 0 Å². The van der Waals surface area contributed by atoms with Gasteiger partial charge in [0, 0.05) is 14.1 Å². The molecule has 2 rings (SSSR count). The maximum atomic E-state index is 11.4. The lowest BCUT2D eigenvalue weighted by Crippen LogP contribution is -2.37. The van der Waals surface area contributed by atoms with E-state index in [1.54, 1.807) is 0 Å². The minimum Gasteiger partial charge on any atom is -0.284 e. The molecular weight excluding hydrogens is 308 g/mol. The fraction of sp³-hybridized carbons (Fsp3) is 0.250. The summed E-state index contributed by atoms with van der Waals surface area (Å²) < 4.78 is 2.14. The highest BCUT2D eigenvalue weighted by Gasteiger charge is 2.11. The van der Waals surface area contributed by atoms with Crippen molar-refractivity contribution in [3.8, 4) is 0 Å². The number of nitrogens with zero attached hydrogens (tertiary/aromatic N) is 4. The second kappa shape index (κ2) is 5.50. The number of hydrogen-bond donors (Lipinski definition) is 2. The predicted molar refractivity (Wildman–Crippen MR) is 71.9 cm³/mol. The summed E-state index contributed by atoms with van der Waals surface area (Å²) in [4.78, 5) is 44.9. The minimum atomic E-state index is -0.823. The molecule has 0 saturated carbocycles. The van der Waals surface area contributed by atoms with Crippen LogP contribution in [0, 0.1) is 0 Å². The van der Waals surface area contributed by atoms with Gasteiger partial charge in [-0.15, -0.1) is 10.2 Å². The number of H-pyrrole nitrogens is 2. The largest absolute Gasteiger partial charge is 0.330 e. The van der Waals surface area contributed by atoms with E-state index in [1.807, 2.05) is 0 Å². The van der Waals surface area contributed by atoms with E-state index in [0.717, 1.165) is 30.7 Å². The third-order valence-corrected chi connectivity index (χ3v) is 4.52. The number of aromatic nitrogens is 6. The molecule has 0 atom stereocenters. The molecule has 2 N–H and O–H groups in total. The van der Waals surface area contributed by atoms with Crippen molar-refractivity contribution < 1.29 is 0 Å². The predicted octanol–water partition coefficient (Wildman–Crippen LogP) is -1.95. The first kappa shape index (κ1) is 14.3. The summed E-state index contributed by atoms with van der Waals surface area (Å²) in [5, 5.41) is 12.0. The Hall–Kier alpha value is -2.08. The fourth-order valence-electron chi connectivity index (χ4n) is 1.14. The lowest BCUT2D eigenvalue weighted by Gasteiger charge is -2.05. The number of rotatable bonds is 3. The normalized spacial score (nSPS) is 10.7. The van der Waals surface area contributed by atoms with Crippen LogP contribution < -0.4 is 22.2 Å². The van der Waals surface area contributed by atoms with E-state index in [4.69, 9.17) is 0 Å². The summed E-state index contributed by atoms with van der Waals surface area (Å²) in [5.74, 6) is 0. The molecule has 0 aliphatic rings. The van der Waals surface area contributed by atoms with Crippen LogP contribution in [0.15, 0.2) is 29.5 Å². The molecule has 12 heteroatoms. The van der Waals surface area contributed by atoms with Gasteiger partial charge in [-0.05, 0) is 21.6 Å². The van der Waals surface area contributed by atoms with Crippen LogP contribution in [0.25, 0.3) is 0 Å². The average molecular weight is 316 g/mol. The quantitative estimate of drug-likeness (QED) is 0.492. The van der Waals surface area contributed by atoms with Gasteiger partial charge in [-0.25, -0.2) is 10.2 Å². The Morgan fingerprint density at radius 2 is 1.15 bits per heavy atom. The van der Waals surface area contributed by atoms with E-state index in [-0.39, 0.29) is 10.3 Å². The highest BCUT2D eigenvalue weighted by molar-refractivity contribution is 8.76. The maximum Gasteiger partial charge on any atom is 0.330 e. The lowest BCUT2D eigenvalue weighted by molar-refractivity contribution is 0.644. The van der Waals surface area contributed by atoms with Gasteiger partial charge in [-0.2, -0.15) is 0 Å². The molecule has 2 heterocycles. The molecule has 0 aromatic carbocycles. The van der Waals surface area contributed by atoms with Crippen LogP contribution >= 0.6 is 21.6 Å². The van der Waals surface area contributed by atoms with E-state index in [9.17, 15) is 19.2 Å². The molecule has 0 amide bonds. The zero-order chi connectivity index (χ0) is 14.9. The second-order valence-corrected chi connectivity index (χ2v) is 5.63. The van der Waals surface area contributed by atoms with E-state index in [1.165, 1.54) is 14.1 Å². The van der Waals surface area contributed by atoms with Crippen molar-refractivity contribution in [1.29, 1.82) is 0 Å². The molecule has 0 saturated heterocycles. The van der Waals surface area contributed by atoms with Gasteiger partial charge in [-0.3, -0.25) is 28.3 Å². The molecule has 2 aromatic heterocycles. The molecular formula is C8H8N6O4S2. The topological polar surface area (TPSA) is 136 Å². The minimum absolute atomic E-state index is 0.222. The summed E-state index contributed by atoms with van der Waals surface area (Å²) in [6, 6.07) is 0. The summed E-state index contributed by atoms with van der Waals surface area (Å²) in [6.07, 6.45) is 0. The molecule has 0 spiro atoms. The van der Waals surface area contributed by atoms with Crippen molar-refractivity contribution in [1.82, 2.24) is 29.5 Å². The second-order valence-electron chi connectivity index (χ2n) is 3.57. The molecule has 20 heavy (non-hydrogen) atoms. The first-order valence-corrected chi connectivity index (χ1v) is 7.22. The standard InChI is InChI=1S/C8H8N6O4S2/c1-13-5(17)3(15)9-11-7(13)19-20-8-12-10-4(16)6(18)14(8)2/h1-2H3,(H,9,15)(H,10,16). The molecule has 0 radical (unpaired) electrons. The highest BCUT2D eigenvalue weighted by atomic mass is 33.1. The highest BCUT2D eigenvalue weighted by Crippen LogP contribution is 2.32. The first-order chi connectivity index (χ1) is 9.41. The molecule has 0 aliphatic heterocycles. The SMILES string of the molecule is Cn1c(SSc2n[nH]c(=O)c(=O)n2C)n[nH]c(=O)c1=O. The average Bonchev–Trinajstić information content (AvgIpc) is 2.43. The number of nitrogens with one attached hydrogen (secondary N) is 2. The third-order valence-electron chi connectivity index (χ3n) is 2.27. The molecule has 0 unspecified atom stereocenters. The van der Waals surface area contributed by atoms with Crippen molar-refractivity contribution in [2.45, 2.75) is 10.3 Å². The molecule has 10 nitrogen and oxygen atoms in total. The fourth-order valence-corrected chi connectivity index (χ4v) is 3.19. The van der Waals surface area contributed by atoms with Gasteiger partial charge in [0.2, 0.25) is 10.3 Å². The van der Waals surface area contributed by atoms with Gasteiger partial charge in [0.05, 0.1) is 0 Å². The van der Waals surface area contributed by atoms with Crippen LogP contribution in [0.3, 0.4) is 0 Å². The van der Waals surface area contributed by atoms with Gasteiger partial charge in [0.1, 0.15) is 0 Å². The number of hydrogen-bond acceptors (Lipinski definition) is 8. The Kier molecular flexibility index (Phi) is 3.94. The Morgan fingerprint density at radius 1 is 0.800 bits per heavy atom. The summed E-state index contributed by atoms with van der Waals surface area (Å²) in [6.45, 7) is 0. The van der Waals surface area contributed by atoms with Gasteiger partial charge in [-0.1, -0.05) is 0 Å². The molecule has 0 fully saturated rings. The van der Waals surface area contributed by atoms with Crippen molar-refractivity contribution in [3.05, 3.63) is 41.4 Å². The summed E-state index contributed by atoms with van der Waals surface area (Å²) in [7, 11) is 4.80. The van der Waals surface area contributed by atoms with Crippen LogP contribution in [0.5, 0.6) is 0 Å². The Morgan fingerprint density at radius 3 is 1.50 bits per heavy atom. The van der Waals surface area contributed by atoms with Gasteiger partial charge in [0.15, 0.2) is 0 Å². The monoisotopic (exact) mass is 316 g/mol. The first-order valence-electron chi connectivity index (χ1n) is 5.07. The smallest absolute Gasteiger partial charge is 0.284 e. The van der Waals surface area contributed by atoms with Crippen molar-refractivity contribution in [3.63, 3.8) is 0 Å². The van der Waals surface area contributed by atoms with Crippen molar-refractivity contribution in [2.24, 2.45) is 14.1 Å².